The molecule has 0 rings (SSSR count). The molecule has 0 heterocycles. The van der Waals surface area contributed by atoms with Gasteiger partial charge in [0.1, 0.15) is 6.61 Å². The maximum atomic E-state index is 12.4. The fourth-order valence-electron chi connectivity index (χ4n) is 10.1. The summed E-state index contributed by atoms with van der Waals surface area (Å²) in [6, 6.07) is 0. The molecule has 0 aliphatic rings. The Hall–Kier alpha value is -3.70. The zero-order chi connectivity index (χ0) is 59.1. The molecule has 0 saturated carbocycles. The molecule has 1 atom stereocenters. The number of hydrogen-bond acceptors (Lipinski definition) is 5. The van der Waals surface area contributed by atoms with E-state index in [1.807, 2.05) is 0 Å². The van der Waals surface area contributed by atoms with Crippen molar-refractivity contribution in [3.8, 4) is 0 Å². The topological polar surface area (TPSA) is 72.8 Å². The molecule has 0 amide bonds. The van der Waals surface area contributed by atoms with Gasteiger partial charge in [-0.3, -0.25) is 9.59 Å². The van der Waals surface area contributed by atoms with E-state index < -0.39 is 6.10 Å². The van der Waals surface area contributed by atoms with Crippen molar-refractivity contribution in [3.63, 3.8) is 0 Å². The molecule has 0 aromatic carbocycles. The van der Waals surface area contributed by atoms with Crippen LogP contribution in [0.15, 0.2) is 122 Å². The van der Waals surface area contributed by atoms with Crippen LogP contribution in [0.25, 0.3) is 0 Å². The highest BCUT2D eigenvalue weighted by Crippen LogP contribution is 2.18. The average Bonchev–Trinajstić information content (AvgIpc) is 3.49. The molecule has 1 unspecified atom stereocenters. The Morgan fingerprint density at radius 2 is 0.524 bits per heavy atom. The van der Waals surface area contributed by atoms with Crippen molar-refractivity contribution in [3.05, 3.63) is 122 Å². The Kier molecular flexibility index (Phi) is 68.3. The SMILES string of the molecule is CC/C=C\C/C=C\C/C=C\C/C=C\C/C=C\C/C=C\C/C=C\C/C=C\C/C=C\C/C=C\CCCCCCCCCCC(=O)OC(CO)COC(=O)CCCCCCCCCCCCCCCCCCCCCCCCCCCCCCC. The molecule has 0 saturated heterocycles. The van der Waals surface area contributed by atoms with Crippen LogP contribution in [-0.2, 0) is 19.1 Å². The van der Waals surface area contributed by atoms with Crippen LogP contribution in [0.1, 0.15) is 335 Å². The number of esters is 2. The zero-order valence-electron chi connectivity index (χ0n) is 54.0. The summed E-state index contributed by atoms with van der Waals surface area (Å²) in [7, 11) is 0. The molecule has 5 nitrogen and oxygen atoms in total. The smallest absolute Gasteiger partial charge is 0.306 e. The average molecular weight is 1140 g/mol. The molecule has 0 aliphatic heterocycles. The molecule has 0 radical (unpaired) electrons. The molecular formula is C77H132O5. The van der Waals surface area contributed by atoms with E-state index in [9.17, 15) is 14.7 Å². The van der Waals surface area contributed by atoms with Gasteiger partial charge in [-0.2, -0.15) is 0 Å². The first kappa shape index (κ1) is 78.3. The molecule has 0 bridgehead atoms. The Morgan fingerprint density at radius 1 is 0.293 bits per heavy atom. The molecule has 5 heteroatoms. The standard InChI is InChI=1S/C77H132O5/c1-3-5-7-9-11-13-15-17-19-21-23-25-27-29-31-33-34-35-36-37-38-39-40-41-42-44-46-48-50-52-54-56-58-60-62-64-66-68-70-72-77(80)82-75(73-78)74-81-76(79)71-69-67-65-63-61-59-57-55-53-51-49-47-45-43-32-30-28-26-24-22-20-18-16-14-12-10-8-6-4-2/h5,7,11,13,17,19,23,25,29,31,34-35,37-38,40-41,44,46,50,52,75,78H,3-4,6,8-10,12,14-16,18,20-22,24,26-28,30,32-33,36,39,42-43,45,47-49,51,53-74H2,1-2H3/b7-5-,13-11-,19-17-,25-23-,31-29-,35-34-,38-37-,41-40-,46-44-,52-50-. The maximum Gasteiger partial charge on any atom is 0.306 e. The summed E-state index contributed by atoms with van der Waals surface area (Å²) in [6.45, 7) is 4.06. The quantitative estimate of drug-likeness (QED) is 0.0373. The van der Waals surface area contributed by atoms with Crippen molar-refractivity contribution in [2.75, 3.05) is 13.2 Å². The molecule has 0 aliphatic carbocycles. The van der Waals surface area contributed by atoms with E-state index >= 15 is 0 Å². The lowest BCUT2D eigenvalue weighted by Gasteiger charge is -2.15. The van der Waals surface area contributed by atoms with Gasteiger partial charge < -0.3 is 14.6 Å². The third-order valence-electron chi connectivity index (χ3n) is 15.3. The minimum absolute atomic E-state index is 0.0713. The number of rotatable bonds is 64. The van der Waals surface area contributed by atoms with Crippen LogP contribution in [0.2, 0.25) is 0 Å². The highest BCUT2D eigenvalue weighted by molar-refractivity contribution is 5.70. The van der Waals surface area contributed by atoms with Crippen molar-refractivity contribution in [2.24, 2.45) is 0 Å². The first-order chi connectivity index (χ1) is 40.6. The van der Waals surface area contributed by atoms with E-state index in [2.05, 4.69) is 135 Å². The monoisotopic (exact) mass is 1140 g/mol. The molecule has 82 heavy (non-hydrogen) atoms. The van der Waals surface area contributed by atoms with Crippen molar-refractivity contribution >= 4 is 11.9 Å². The predicted molar refractivity (Wildman–Crippen MR) is 362 cm³/mol. The predicted octanol–water partition coefficient (Wildman–Crippen LogP) is 24.5. The highest BCUT2D eigenvalue weighted by atomic mass is 16.6. The van der Waals surface area contributed by atoms with Crippen LogP contribution in [0.5, 0.6) is 0 Å². The van der Waals surface area contributed by atoms with Crippen LogP contribution in [0.3, 0.4) is 0 Å². The van der Waals surface area contributed by atoms with Gasteiger partial charge in [-0.15, -0.1) is 0 Å². The van der Waals surface area contributed by atoms with Gasteiger partial charge in [0.25, 0.3) is 0 Å². The molecular weight excluding hydrogens is 1000 g/mol. The number of unbranched alkanes of at least 4 members (excludes halogenated alkanes) is 36. The molecule has 470 valence electrons. The largest absolute Gasteiger partial charge is 0.462 e. The second-order valence-electron chi connectivity index (χ2n) is 23.2. The maximum absolute atomic E-state index is 12.4. The number of aliphatic hydroxyl groups is 1. The van der Waals surface area contributed by atoms with Crippen LogP contribution in [-0.4, -0.2) is 36.4 Å². The molecule has 0 aromatic heterocycles. The third kappa shape index (κ3) is 68.8. The number of allylic oxidation sites excluding steroid dienone is 20. The molecule has 0 fully saturated rings. The van der Waals surface area contributed by atoms with Crippen molar-refractivity contribution in [1.29, 1.82) is 0 Å². The van der Waals surface area contributed by atoms with Crippen molar-refractivity contribution < 1.29 is 24.2 Å². The lowest BCUT2D eigenvalue weighted by Crippen LogP contribution is -2.28. The summed E-state index contributed by atoms with van der Waals surface area (Å²) in [6.07, 6.45) is 105. The van der Waals surface area contributed by atoms with E-state index in [1.165, 1.54) is 199 Å². The number of aliphatic hydroxyl groups excluding tert-OH is 1. The van der Waals surface area contributed by atoms with Gasteiger partial charge in [-0.05, 0) is 89.9 Å². The van der Waals surface area contributed by atoms with E-state index in [0.717, 1.165) is 109 Å². The second kappa shape index (κ2) is 71.6. The van der Waals surface area contributed by atoms with E-state index in [0.29, 0.717) is 12.8 Å². The number of carbonyl (C=O) groups is 2. The summed E-state index contributed by atoms with van der Waals surface area (Å²) in [5.74, 6) is -0.592. The number of ether oxygens (including phenoxy) is 2. The van der Waals surface area contributed by atoms with Gasteiger partial charge in [0.2, 0.25) is 0 Å². The summed E-state index contributed by atoms with van der Waals surface area (Å²) in [5.41, 5.74) is 0. The van der Waals surface area contributed by atoms with Gasteiger partial charge >= 0.3 is 11.9 Å². The van der Waals surface area contributed by atoms with E-state index in [1.54, 1.807) is 0 Å². The van der Waals surface area contributed by atoms with Crippen LogP contribution >= 0.6 is 0 Å². The fourth-order valence-corrected chi connectivity index (χ4v) is 10.1. The van der Waals surface area contributed by atoms with E-state index in [4.69, 9.17) is 9.47 Å². The highest BCUT2D eigenvalue weighted by Gasteiger charge is 2.16. The van der Waals surface area contributed by atoms with Gasteiger partial charge in [-0.1, -0.05) is 354 Å². The van der Waals surface area contributed by atoms with Gasteiger partial charge in [0.05, 0.1) is 6.61 Å². The molecule has 0 aromatic rings. The third-order valence-corrected chi connectivity index (χ3v) is 15.3. The minimum atomic E-state index is -0.784. The van der Waals surface area contributed by atoms with Crippen LogP contribution < -0.4 is 0 Å². The van der Waals surface area contributed by atoms with Crippen LogP contribution in [0, 0.1) is 0 Å². The van der Waals surface area contributed by atoms with Gasteiger partial charge in [0, 0.05) is 12.8 Å². The van der Waals surface area contributed by atoms with Crippen LogP contribution in [0.4, 0.5) is 0 Å². The first-order valence-electron chi connectivity index (χ1n) is 35.1. The van der Waals surface area contributed by atoms with E-state index in [-0.39, 0.29) is 25.2 Å². The minimum Gasteiger partial charge on any atom is -0.462 e. The van der Waals surface area contributed by atoms with Gasteiger partial charge in [-0.25, -0.2) is 0 Å². The zero-order valence-corrected chi connectivity index (χ0v) is 54.0. The number of hydrogen-bond donors (Lipinski definition) is 1. The molecule has 1 N–H and O–H groups in total. The summed E-state index contributed by atoms with van der Waals surface area (Å²) < 4.78 is 10.8. The second-order valence-corrected chi connectivity index (χ2v) is 23.2. The Balaban J connectivity index is 3.53. The number of carbonyl (C=O) groups excluding carboxylic acids is 2. The summed E-state index contributed by atoms with van der Waals surface area (Å²) in [4.78, 5) is 24.7. The Bertz CT molecular complexity index is 1620. The van der Waals surface area contributed by atoms with Crippen molar-refractivity contribution in [1.82, 2.24) is 0 Å². The Labute approximate surface area is 509 Å². The van der Waals surface area contributed by atoms with Gasteiger partial charge in [0.15, 0.2) is 6.10 Å². The molecule has 0 spiro atoms. The lowest BCUT2D eigenvalue weighted by atomic mass is 10.0. The first-order valence-corrected chi connectivity index (χ1v) is 35.1. The van der Waals surface area contributed by atoms with Crippen molar-refractivity contribution in [2.45, 2.75) is 341 Å². The summed E-state index contributed by atoms with van der Waals surface area (Å²) >= 11 is 0. The fraction of sp³-hybridized carbons (Fsp3) is 0.714. The normalized spacial score (nSPS) is 13.0. The lowest BCUT2D eigenvalue weighted by molar-refractivity contribution is -0.161. The Morgan fingerprint density at radius 3 is 0.793 bits per heavy atom. The summed E-state index contributed by atoms with van der Waals surface area (Å²) in [5, 5.41) is 9.70.